The second-order valence-electron chi connectivity index (χ2n) is 5.15. The molecule has 0 saturated heterocycles. The number of amides is 1. The number of nitrogens with zero attached hydrogens (tertiary/aromatic N) is 3. The number of hydrogen-bond donors (Lipinski definition) is 1. The van der Waals surface area contributed by atoms with Crippen molar-refractivity contribution < 1.29 is 27.2 Å². The van der Waals surface area contributed by atoms with Crippen LogP contribution in [0.15, 0.2) is 16.7 Å². The zero-order valence-electron chi connectivity index (χ0n) is 13.7. The minimum atomic E-state index is -4.68. The van der Waals surface area contributed by atoms with Crippen LogP contribution in [0.3, 0.4) is 0 Å². The molecule has 0 radical (unpaired) electrons. The van der Waals surface area contributed by atoms with Gasteiger partial charge in [-0.15, -0.1) is 0 Å². The standard InChI is InChI=1S/C15H17F3N4O3/c1-3-10-11(5-4-9(2)20-10)24-8-13(23)19-7-6-12-21-14(25-22-12)15(16,17)18/h4-5H,3,6-8H2,1-2H3,(H,19,23). The molecule has 0 aliphatic heterocycles. The van der Waals surface area contributed by atoms with Gasteiger partial charge in [-0.25, -0.2) is 0 Å². The third-order valence-corrected chi connectivity index (χ3v) is 3.15. The lowest BCUT2D eigenvalue weighted by molar-refractivity contribution is -0.159. The van der Waals surface area contributed by atoms with Gasteiger partial charge in [-0.2, -0.15) is 18.2 Å². The Labute approximate surface area is 141 Å². The van der Waals surface area contributed by atoms with Crippen molar-refractivity contribution in [3.8, 4) is 5.75 Å². The van der Waals surface area contributed by atoms with Crippen molar-refractivity contribution in [3.63, 3.8) is 0 Å². The number of pyridine rings is 1. The van der Waals surface area contributed by atoms with Crippen molar-refractivity contribution in [3.05, 3.63) is 35.2 Å². The van der Waals surface area contributed by atoms with Crippen LogP contribution in [0, 0.1) is 6.92 Å². The number of halogens is 3. The summed E-state index contributed by atoms with van der Waals surface area (Å²) in [6, 6.07) is 3.52. The van der Waals surface area contributed by atoms with Crippen LogP contribution in [0.1, 0.15) is 30.0 Å². The van der Waals surface area contributed by atoms with E-state index in [1.165, 1.54) is 0 Å². The van der Waals surface area contributed by atoms with Crippen LogP contribution >= 0.6 is 0 Å². The molecule has 0 saturated carbocycles. The molecule has 25 heavy (non-hydrogen) atoms. The van der Waals surface area contributed by atoms with Crippen LogP contribution < -0.4 is 10.1 Å². The molecule has 0 atom stereocenters. The summed E-state index contributed by atoms with van der Waals surface area (Å²) in [4.78, 5) is 19.3. The molecule has 1 amide bonds. The summed E-state index contributed by atoms with van der Waals surface area (Å²) in [5, 5.41) is 5.72. The van der Waals surface area contributed by atoms with Crippen LogP contribution in [-0.2, 0) is 23.8 Å². The summed E-state index contributed by atoms with van der Waals surface area (Å²) in [6.45, 7) is 3.62. The van der Waals surface area contributed by atoms with E-state index in [2.05, 4.69) is 25.0 Å². The van der Waals surface area contributed by atoms with Gasteiger partial charge in [0.2, 0.25) is 0 Å². The Morgan fingerprint density at radius 1 is 1.32 bits per heavy atom. The van der Waals surface area contributed by atoms with Crippen LogP contribution in [0.5, 0.6) is 5.75 Å². The van der Waals surface area contributed by atoms with E-state index in [-0.39, 0.29) is 25.4 Å². The maximum Gasteiger partial charge on any atom is 0.471 e. The predicted octanol–water partition coefficient (Wildman–Crippen LogP) is 2.09. The number of rotatable bonds is 7. The molecular weight excluding hydrogens is 341 g/mol. The topological polar surface area (TPSA) is 90.1 Å². The number of alkyl halides is 3. The van der Waals surface area contributed by atoms with Crippen molar-refractivity contribution in [2.24, 2.45) is 0 Å². The van der Waals surface area contributed by atoms with Crippen molar-refractivity contribution in [1.82, 2.24) is 20.4 Å². The van der Waals surface area contributed by atoms with Crippen LogP contribution in [0.2, 0.25) is 0 Å². The third kappa shape index (κ3) is 5.44. The van der Waals surface area contributed by atoms with E-state index in [0.717, 1.165) is 11.4 Å². The fraction of sp³-hybridized carbons (Fsp3) is 0.467. The Bertz CT molecular complexity index is 731. The summed E-state index contributed by atoms with van der Waals surface area (Å²) < 4.78 is 46.5. The molecule has 7 nitrogen and oxygen atoms in total. The Kier molecular flexibility index (Phi) is 5.94. The lowest BCUT2D eigenvalue weighted by atomic mass is 10.2. The van der Waals surface area contributed by atoms with Crippen LogP contribution in [0.25, 0.3) is 0 Å². The molecule has 0 bridgehead atoms. The van der Waals surface area contributed by atoms with E-state index < -0.39 is 18.0 Å². The molecule has 2 aromatic rings. The first-order valence-electron chi connectivity index (χ1n) is 7.55. The zero-order valence-corrected chi connectivity index (χ0v) is 13.7. The van der Waals surface area contributed by atoms with Crippen molar-refractivity contribution in [2.75, 3.05) is 13.2 Å². The zero-order chi connectivity index (χ0) is 18.4. The first kappa shape index (κ1) is 18.7. The van der Waals surface area contributed by atoms with Gasteiger partial charge in [-0.05, 0) is 25.5 Å². The van der Waals surface area contributed by atoms with E-state index in [9.17, 15) is 18.0 Å². The van der Waals surface area contributed by atoms with Gasteiger partial charge in [0.05, 0.1) is 5.69 Å². The van der Waals surface area contributed by atoms with Gasteiger partial charge in [0.1, 0.15) is 5.75 Å². The van der Waals surface area contributed by atoms with Gasteiger partial charge in [-0.3, -0.25) is 9.78 Å². The Morgan fingerprint density at radius 3 is 2.72 bits per heavy atom. The molecule has 1 N–H and O–H groups in total. The van der Waals surface area contributed by atoms with Crippen molar-refractivity contribution in [1.29, 1.82) is 0 Å². The lowest BCUT2D eigenvalue weighted by Gasteiger charge is -2.10. The molecule has 136 valence electrons. The first-order valence-corrected chi connectivity index (χ1v) is 7.55. The van der Waals surface area contributed by atoms with Crippen LogP contribution in [-0.4, -0.2) is 34.2 Å². The summed E-state index contributed by atoms with van der Waals surface area (Å²) in [5.41, 5.74) is 1.60. The minimum Gasteiger partial charge on any atom is -0.482 e. The summed E-state index contributed by atoms with van der Waals surface area (Å²) in [7, 11) is 0. The van der Waals surface area contributed by atoms with E-state index >= 15 is 0 Å². The number of nitrogens with one attached hydrogen (secondary N) is 1. The average molecular weight is 358 g/mol. The molecule has 0 aliphatic carbocycles. The average Bonchev–Trinajstić information content (AvgIpc) is 3.02. The molecule has 2 rings (SSSR count). The fourth-order valence-corrected chi connectivity index (χ4v) is 1.96. The Morgan fingerprint density at radius 2 is 2.08 bits per heavy atom. The maximum absolute atomic E-state index is 12.3. The molecule has 0 fully saturated rings. The van der Waals surface area contributed by atoms with Gasteiger partial charge < -0.3 is 14.6 Å². The molecule has 2 aromatic heterocycles. The Balaban J connectivity index is 1.77. The number of aryl methyl sites for hydroxylation is 2. The summed E-state index contributed by atoms with van der Waals surface area (Å²) in [5.74, 6) is -1.43. The second-order valence-corrected chi connectivity index (χ2v) is 5.15. The van der Waals surface area contributed by atoms with Gasteiger partial charge in [0.15, 0.2) is 12.4 Å². The molecular formula is C15H17F3N4O3. The smallest absolute Gasteiger partial charge is 0.471 e. The molecule has 2 heterocycles. The number of carbonyl (C=O) groups excluding carboxylic acids is 1. The number of ether oxygens (including phenoxy) is 1. The number of aromatic nitrogens is 3. The highest BCUT2D eigenvalue weighted by atomic mass is 19.4. The van der Waals surface area contributed by atoms with Crippen LogP contribution in [0.4, 0.5) is 13.2 Å². The van der Waals surface area contributed by atoms with E-state index in [4.69, 9.17) is 4.74 Å². The normalized spacial score (nSPS) is 11.4. The van der Waals surface area contributed by atoms with Crippen molar-refractivity contribution >= 4 is 5.91 Å². The second kappa shape index (κ2) is 7.95. The largest absolute Gasteiger partial charge is 0.482 e. The fourth-order valence-electron chi connectivity index (χ4n) is 1.96. The van der Waals surface area contributed by atoms with E-state index in [1.807, 2.05) is 13.8 Å². The monoisotopic (exact) mass is 358 g/mol. The number of hydrogen-bond acceptors (Lipinski definition) is 6. The first-order chi connectivity index (χ1) is 11.8. The highest BCUT2D eigenvalue weighted by Crippen LogP contribution is 2.27. The Hall–Kier alpha value is -2.65. The highest BCUT2D eigenvalue weighted by molar-refractivity contribution is 5.77. The summed E-state index contributed by atoms with van der Waals surface area (Å²) >= 11 is 0. The van der Waals surface area contributed by atoms with Gasteiger partial charge in [0, 0.05) is 18.7 Å². The van der Waals surface area contributed by atoms with Gasteiger partial charge in [-0.1, -0.05) is 12.1 Å². The molecule has 10 heteroatoms. The lowest BCUT2D eigenvalue weighted by Crippen LogP contribution is -2.31. The summed E-state index contributed by atoms with van der Waals surface area (Å²) in [6.07, 6.45) is -4.00. The predicted molar refractivity (Wildman–Crippen MR) is 79.9 cm³/mol. The minimum absolute atomic E-state index is 0.0115. The molecule has 0 aliphatic rings. The highest BCUT2D eigenvalue weighted by Gasteiger charge is 2.38. The van der Waals surface area contributed by atoms with Crippen molar-refractivity contribution in [2.45, 2.75) is 32.9 Å². The van der Waals surface area contributed by atoms with E-state index in [0.29, 0.717) is 12.2 Å². The quantitative estimate of drug-likeness (QED) is 0.815. The third-order valence-electron chi connectivity index (χ3n) is 3.15. The molecule has 0 spiro atoms. The molecule has 0 aromatic carbocycles. The van der Waals surface area contributed by atoms with E-state index in [1.54, 1.807) is 12.1 Å². The maximum atomic E-state index is 12.3. The molecule has 0 unspecified atom stereocenters. The van der Waals surface area contributed by atoms with Gasteiger partial charge in [0.25, 0.3) is 5.91 Å². The number of carbonyl (C=O) groups is 1. The SMILES string of the molecule is CCc1nc(C)ccc1OCC(=O)NCCc1noc(C(F)(F)F)n1. The van der Waals surface area contributed by atoms with Gasteiger partial charge >= 0.3 is 12.1 Å².